The van der Waals surface area contributed by atoms with Crippen molar-refractivity contribution < 1.29 is 14.3 Å². The Morgan fingerprint density at radius 3 is 2.95 bits per heavy atom. The van der Waals surface area contributed by atoms with Crippen molar-refractivity contribution in [3.63, 3.8) is 0 Å². The zero-order valence-corrected chi connectivity index (χ0v) is 12.0. The van der Waals surface area contributed by atoms with Gasteiger partial charge in [0.15, 0.2) is 0 Å². The number of carbonyl (C=O) groups excluding carboxylic acids is 1. The molecule has 0 radical (unpaired) electrons. The Hall–Kier alpha value is -2.30. The molecule has 108 valence electrons. The molecular formula is C14H12FN3O2S. The molecule has 1 aromatic heterocycles. The number of carbonyl (C=O) groups is 1. The van der Waals surface area contributed by atoms with Crippen LogP contribution in [0.15, 0.2) is 18.2 Å². The van der Waals surface area contributed by atoms with E-state index in [1.165, 1.54) is 12.1 Å². The molecule has 2 rings (SSSR count). The average molecular weight is 305 g/mol. The van der Waals surface area contributed by atoms with E-state index in [1.807, 2.05) is 0 Å². The number of anilines is 1. The van der Waals surface area contributed by atoms with Crippen molar-refractivity contribution in [3.05, 3.63) is 41.0 Å². The summed E-state index contributed by atoms with van der Waals surface area (Å²) >= 11 is 1.06. The van der Waals surface area contributed by atoms with Crippen molar-refractivity contribution in [2.75, 3.05) is 11.9 Å². The summed E-state index contributed by atoms with van der Waals surface area (Å²) in [5, 5.41) is 11.5. The molecule has 0 fully saturated rings. The van der Waals surface area contributed by atoms with Crippen molar-refractivity contribution >= 4 is 22.6 Å². The number of nitrogens with one attached hydrogen (secondary N) is 1. The number of hydrogen-bond acceptors (Lipinski definition) is 5. The number of nitrogens with zero attached hydrogens (tertiary/aromatic N) is 2. The van der Waals surface area contributed by atoms with E-state index >= 15 is 0 Å². The van der Waals surface area contributed by atoms with E-state index in [-0.39, 0.29) is 24.2 Å². The average Bonchev–Trinajstić information content (AvgIpc) is 2.86. The first-order chi connectivity index (χ1) is 10.1. The lowest BCUT2D eigenvalue weighted by atomic mass is 10.1. The van der Waals surface area contributed by atoms with E-state index in [1.54, 1.807) is 6.92 Å². The van der Waals surface area contributed by atoms with Crippen LogP contribution in [-0.4, -0.2) is 27.0 Å². The van der Waals surface area contributed by atoms with Crippen LogP contribution in [0.3, 0.4) is 0 Å². The summed E-state index contributed by atoms with van der Waals surface area (Å²) < 4.78 is 17.8. The number of aryl methyl sites for hydroxylation is 1. The Morgan fingerprint density at radius 1 is 1.52 bits per heavy atom. The molecule has 1 heterocycles. The molecule has 0 aliphatic heterocycles. The quantitative estimate of drug-likeness (QED) is 0.850. The molecule has 21 heavy (non-hydrogen) atoms. The normalized spacial score (nSPS) is 9.86. The fraction of sp³-hybridized carbons (Fsp3) is 0.214. The van der Waals surface area contributed by atoms with Gasteiger partial charge in [-0.2, -0.15) is 4.37 Å². The first kappa shape index (κ1) is 15.1. The number of hydrogen-bond donors (Lipinski definition) is 2. The topological polar surface area (TPSA) is 75.1 Å². The highest BCUT2D eigenvalue weighted by Crippen LogP contribution is 2.14. The van der Waals surface area contributed by atoms with E-state index in [4.69, 9.17) is 5.11 Å². The Morgan fingerprint density at radius 2 is 2.33 bits per heavy atom. The van der Waals surface area contributed by atoms with Gasteiger partial charge in [0.2, 0.25) is 5.13 Å². The summed E-state index contributed by atoms with van der Waals surface area (Å²) in [4.78, 5) is 15.9. The fourth-order valence-electron chi connectivity index (χ4n) is 1.49. The molecule has 0 aliphatic carbocycles. The van der Waals surface area contributed by atoms with Gasteiger partial charge < -0.3 is 5.11 Å². The van der Waals surface area contributed by atoms with Crippen LogP contribution in [0.25, 0.3) is 0 Å². The first-order valence-electron chi connectivity index (χ1n) is 6.11. The SMILES string of the molecule is Cc1nsc(NC(=O)c2ccc(C#CCCO)c(F)c2)n1. The van der Waals surface area contributed by atoms with Gasteiger partial charge in [0, 0.05) is 23.5 Å². The van der Waals surface area contributed by atoms with Crippen LogP contribution in [0.1, 0.15) is 28.2 Å². The molecule has 2 aromatic rings. The standard InChI is InChI=1S/C14H12FN3O2S/c1-9-16-14(21-18-9)17-13(20)11-6-5-10(12(15)8-11)4-2-3-7-19/h5-6,8,19H,3,7H2,1H3,(H,16,17,18,20). The number of aliphatic hydroxyl groups is 1. The third-order valence-electron chi connectivity index (χ3n) is 2.44. The Bertz CT molecular complexity index is 718. The van der Waals surface area contributed by atoms with Crippen molar-refractivity contribution in [3.8, 4) is 11.8 Å². The highest BCUT2D eigenvalue weighted by Gasteiger charge is 2.11. The molecule has 5 nitrogen and oxygen atoms in total. The van der Waals surface area contributed by atoms with Gasteiger partial charge >= 0.3 is 0 Å². The van der Waals surface area contributed by atoms with Gasteiger partial charge in [-0.05, 0) is 25.1 Å². The van der Waals surface area contributed by atoms with Crippen molar-refractivity contribution in [2.45, 2.75) is 13.3 Å². The van der Waals surface area contributed by atoms with Gasteiger partial charge in [-0.15, -0.1) is 0 Å². The second-order valence-corrected chi connectivity index (χ2v) is 4.82. The molecule has 1 aromatic carbocycles. The van der Waals surface area contributed by atoms with Crippen LogP contribution in [0, 0.1) is 24.6 Å². The van der Waals surface area contributed by atoms with Crippen molar-refractivity contribution in [1.82, 2.24) is 9.36 Å². The molecule has 1 amide bonds. The number of rotatable bonds is 3. The second-order valence-electron chi connectivity index (χ2n) is 4.07. The molecular weight excluding hydrogens is 293 g/mol. The van der Waals surface area contributed by atoms with Crippen molar-refractivity contribution in [1.29, 1.82) is 0 Å². The molecule has 0 saturated heterocycles. The van der Waals surface area contributed by atoms with Crippen LogP contribution >= 0.6 is 11.5 Å². The number of benzene rings is 1. The lowest BCUT2D eigenvalue weighted by molar-refractivity contribution is 0.102. The summed E-state index contributed by atoms with van der Waals surface area (Å²) in [6.45, 7) is 1.64. The summed E-state index contributed by atoms with van der Waals surface area (Å²) in [5.41, 5.74) is 0.361. The second kappa shape index (κ2) is 6.92. The fourth-order valence-corrected chi connectivity index (χ4v) is 2.06. The molecule has 7 heteroatoms. The van der Waals surface area contributed by atoms with Gasteiger partial charge in [0.05, 0.1) is 12.2 Å². The largest absolute Gasteiger partial charge is 0.395 e. The lowest BCUT2D eigenvalue weighted by Crippen LogP contribution is -2.12. The summed E-state index contributed by atoms with van der Waals surface area (Å²) in [5.74, 6) is 4.75. The van der Waals surface area contributed by atoms with E-state index in [0.29, 0.717) is 11.0 Å². The van der Waals surface area contributed by atoms with Gasteiger partial charge in [-0.1, -0.05) is 11.8 Å². The number of aromatic nitrogens is 2. The zero-order chi connectivity index (χ0) is 15.2. The van der Waals surface area contributed by atoms with Crippen LogP contribution in [-0.2, 0) is 0 Å². The highest BCUT2D eigenvalue weighted by atomic mass is 32.1. The molecule has 0 atom stereocenters. The minimum Gasteiger partial charge on any atom is -0.395 e. The third-order valence-corrected chi connectivity index (χ3v) is 3.16. The lowest BCUT2D eigenvalue weighted by Gasteiger charge is -2.02. The summed E-state index contributed by atoms with van der Waals surface area (Å²) in [6, 6.07) is 4.03. The monoisotopic (exact) mass is 305 g/mol. The third kappa shape index (κ3) is 4.08. The minimum absolute atomic E-state index is 0.0730. The van der Waals surface area contributed by atoms with Gasteiger partial charge in [0.25, 0.3) is 5.91 Å². The zero-order valence-electron chi connectivity index (χ0n) is 11.2. The molecule has 2 N–H and O–H groups in total. The highest BCUT2D eigenvalue weighted by molar-refractivity contribution is 7.09. The first-order valence-corrected chi connectivity index (χ1v) is 6.88. The van der Waals surface area contributed by atoms with Gasteiger partial charge in [0.1, 0.15) is 11.6 Å². The van der Waals surface area contributed by atoms with Gasteiger partial charge in [-0.3, -0.25) is 10.1 Å². The Balaban J connectivity index is 2.12. The minimum atomic E-state index is -0.582. The maximum Gasteiger partial charge on any atom is 0.257 e. The Kier molecular flexibility index (Phi) is 4.98. The van der Waals surface area contributed by atoms with Crippen LogP contribution in [0.2, 0.25) is 0 Å². The molecule has 0 unspecified atom stereocenters. The number of amides is 1. The van der Waals surface area contributed by atoms with Crippen LogP contribution in [0.4, 0.5) is 9.52 Å². The van der Waals surface area contributed by atoms with Crippen molar-refractivity contribution in [2.24, 2.45) is 0 Å². The smallest absolute Gasteiger partial charge is 0.257 e. The maximum absolute atomic E-state index is 13.8. The Labute approximate surface area is 125 Å². The summed E-state index contributed by atoms with van der Waals surface area (Å²) in [7, 11) is 0. The van der Waals surface area contributed by atoms with E-state index in [9.17, 15) is 9.18 Å². The predicted octanol–water partition coefficient (Wildman–Crippen LogP) is 1.97. The summed E-state index contributed by atoms with van der Waals surface area (Å²) in [6.07, 6.45) is 0.276. The van der Waals surface area contributed by atoms with Gasteiger partial charge in [-0.25, -0.2) is 9.37 Å². The molecule has 0 aliphatic rings. The molecule has 0 saturated carbocycles. The van der Waals surface area contributed by atoms with E-state index in [0.717, 1.165) is 17.6 Å². The maximum atomic E-state index is 13.8. The van der Waals surface area contributed by atoms with Crippen LogP contribution < -0.4 is 5.32 Å². The number of halogens is 1. The van der Waals surface area contributed by atoms with E-state index in [2.05, 4.69) is 26.5 Å². The van der Waals surface area contributed by atoms with E-state index < -0.39 is 11.7 Å². The number of aliphatic hydroxyl groups excluding tert-OH is 1. The molecule has 0 bridgehead atoms. The predicted molar refractivity (Wildman–Crippen MR) is 77.6 cm³/mol. The van der Waals surface area contributed by atoms with Crippen LogP contribution in [0.5, 0.6) is 0 Å². The molecule has 0 spiro atoms.